The Bertz CT molecular complexity index is 551. The summed E-state index contributed by atoms with van der Waals surface area (Å²) in [6, 6.07) is 9.92. The fourth-order valence-electron chi connectivity index (χ4n) is 4.39. The largest absolute Gasteiger partial charge is 0.389 e. The van der Waals surface area contributed by atoms with E-state index in [1.807, 2.05) is 35.2 Å². The van der Waals surface area contributed by atoms with Crippen molar-refractivity contribution in [2.75, 3.05) is 19.7 Å². The Morgan fingerprint density at radius 1 is 1.17 bits per heavy atom. The number of hydrogen-bond donors (Lipinski definition) is 1. The minimum absolute atomic E-state index is 0.0602. The van der Waals surface area contributed by atoms with Gasteiger partial charge in [0.05, 0.1) is 12.2 Å². The van der Waals surface area contributed by atoms with Crippen molar-refractivity contribution in [1.29, 1.82) is 0 Å². The first-order chi connectivity index (χ1) is 11.6. The lowest BCUT2D eigenvalue weighted by Crippen LogP contribution is -2.61. The lowest BCUT2D eigenvalue weighted by Gasteiger charge is -2.59. The van der Waals surface area contributed by atoms with Crippen LogP contribution in [0.25, 0.3) is 0 Å². The second kappa shape index (κ2) is 7.24. The molecule has 1 saturated heterocycles. The molecule has 1 aromatic carbocycles. The molecule has 0 unspecified atom stereocenters. The Labute approximate surface area is 144 Å². The van der Waals surface area contributed by atoms with E-state index in [4.69, 9.17) is 4.74 Å². The number of benzene rings is 1. The zero-order valence-electron chi connectivity index (χ0n) is 14.7. The van der Waals surface area contributed by atoms with Crippen molar-refractivity contribution < 1.29 is 14.6 Å². The average molecular weight is 331 g/mol. The molecule has 1 N–H and O–H groups in total. The van der Waals surface area contributed by atoms with Crippen molar-refractivity contribution in [1.82, 2.24) is 4.90 Å². The van der Waals surface area contributed by atoms with Crippen molar-refractivity contribution in [3.63, 3.8) is 0 Å². The molecule has 132 valence electrons. The van der Waals surface area contributed by atoms with E-state index < -0.39 is 5.60 Å². The quantitative estimate of drug-likeness (QED) is 0.871. The molecule has 1 aromatic rings. The number of ether oxygens (including phenoxy) is 1. The number of nitrogens with zero attached hydrogens (tertiary/aromatic N) is 1. The minimum Gasteiger partial charge on any atom is -0.389 e. The Morgan fingerprint density at radius 3 is 2.46 bits per heavy atom. The minimum atomic E-state index is -0.485. The number of piperidine rings is 1. The van der Waals surface area contributed by atoms with Crippen molar-refractivity contribution in [3.05, 3.63) is 35.9 Å². The Kier molecular flexibility index (Phi) is 5.26. The van der Waals surface area contributed by atoms with Gasteiger partial charge in [-0.1, -0.05) is 43.7 Å². The highest BCUT2D eigenvalue weighted by Gasteiger charge is 2.57. The summed E-state index contributed by atoms with van der Waals surface area (Å²) in [5.74, 6) is 0.0686. The normalized spacial score (nSPS) is 25.5. The van der Waals surface area contributed by atoms with E-state index in [9.17, 15) is 9.90 Å². The van der Waals surface area contributed by atoms with Crippen molar-refractivity contribution in [2.24, 2.45) is 5.41 Å². The fraction of sp³-hybridized carbons (Fsp3) is 0.650. The Morgan fingerprint density at radius 2 is 1.88 bits per heavy atom. The van der Waals surface area contributed by atoms with Crippen LogP contribution in [0.15, 0.2) is 30.3 Å². The van der Waals surface area contributed by atoms with Gasteiger partial charge in [-0.05, 0) is 37.7 Å². The lowest BCUT2D eigenvalue weighted by atomic mass is 9.51. The van der Waals surface area contributed by atoms with Gasteiger partial charge in [-0.15, -0.1) is 0 Å². The van der Waals surface area contributed by atoms with Crippen LogP contribution >= 0.6 is 0 Å². The first-order valence-electron chi connectivity index (χ1n) is 9.20. The summed E-state index contributed by atoms with van der Waals surface area (Å²) in [4.78, 5) is 14.2. The monoisotopic (exact) mass is 331 g/mol. The third-order valence-electron chi connectivity index (χ3n) is 6.08. The second-order valence-corrected chi connectivity index (χ2v) is 7.42. The van der Waals surface area contributed by atoms with Gasteiger partial charge in [-0.25, -0.2) is 0 Å². The molecular weight excluding hydrogens is 302 g/mol. The van der Waals surface area contributed by atoms with Crippen LogP contribution in [-0.4, -0.2) is 41.2 Å². The molecule has 0 bridgehead atoms. The van der Waals surface area contributed by atoms with E-state index in [0.717, 1.165) is 57.2 Å². The third kappa shape index (κ3) is 3.35. The summed E-state index contributed by atoms with van der Waals surface area (Å²) in [6.45, 7) is 4.24. The van der Waals surface area contributed by atoms with Crippen LogP contribution in [0, 0.1) is 5.41 Å². The van der Waals surface area contributed by atoms with Crippen LogP contribution < -0.4 is 0 Å². The number of hydrogen-bond acceptors (Lipinski definition) is 3. The molecule has 2 aliphatic rings. The second-order valence-electron chi connectivity index (χ2n) is 7.42. The van der Waals surface area contributed by atoms with E-state index in [0.29, 0.717) is 6.61 Å². The molecule has 1 aliphatic carbocycles. The van der Waals surface area contributed by atoms with Gasteiger partial charge in [0.25, 0.3) is 0 Å². The van der Waals surface area contributed by atoms with Gasteiger partial charge < -0.3 is 14.7 Å². The van der Waals surface area contributed by atoms with Crippen LogP contribution in [0.1, 0.15) is 51.0 Å². The van der Waals surface area contributed by atoms with Crippen LogP contribution in [0.2, 0.25) is 0 Å². The zero-order chi connectivity index (χ0) is 17.0. The van der Waals surface area contributed by atoms with Crippen molar-refractivity contribution in [2.45, 2.75) is 57.7 Å². The molecule has 4 heteroatoms. The molecule has 3 rings (SSSR count). The maximum absolute atomic E-state index is 12.3. The van der Waals surface area contributed by atoms with E-state index in [1.54, 1.807) is 0 Å². The van der Waals surface area contributed by atoms with Crippen molar-refractivity contribution >= 4 is 5.91 Å². The summed E-state index contributed by atoms with van der Waals surface area (Å²) in [5.41, 5.74) is 0.660. The molecule has 1 heterocycles. The van der Waals surface area contributed by atoms with Crippen molar-refractivity contribution in [3.8, 4) is 0 Å². The fourth-order valence-corrected chi connectivity index (χ4v) is 4.39. The number of carbonyl (C=O) groups excluding carboxylic acids is 1. The van der Waals surface area contributed by atoms with Gasteiger partial charge in [0.1, 0.15) is 6.61 Å². The lowest BCUT2D eigenvalue weighted by molar-refractivity contribution is -0.195. The molecule has 1 aliphatic heterocycles. The first-order valence-corrected chi connectivity index (χ1v) is 9.20. The maximum atomic E-state index is 12.3. The highest BCUT2D eigenvalue weighted by molar-refractivity contribution is 5.77. The van der Waals surface area contributed by atoms with Crippen LogP contribution in [0.5, 0.6) is 0 Å². The highest BCUT2D eigenvalue weighted by atomic mass is 16.5. The number of amides is 1. The van der Waals surface area contributed by atoms with E-state index in [1.165, 1.54) is 0 Å². The van der Waals surface area contributed by atoms with E-state index >= 15 is 0 Å². The van der Waals surface area contributed by atoms with Crippen LogP contribution in [-0.2, 0) is 16.1 Å². The molecule has 1 amide bonds. The van der Waals surface area contributed by atoms with Crippen LogP contribution in [0.3, 0.4) is 0 Å². The summed E-state index contributed by atoms with van der Waals surface area (Å²) in [6.07, 6.45) is 5.79. The molecule has 1 saturated carbocycles. The third-order valence-corrected chi connectivity index (χ3v) is 6.08. The van der Waals surface area contributed by atoms with Crippen LogP contribution in [0.4, 0.5) is 0 Å². The first kappa shape index (κ1) is 17.4. The van der Waals surface area contributed by atoms with Gasteiger partial charge in [-0.2, -0.15) is 0 Å². The molecule has 1 atom stereocenters. The molecule has 0 radical (unpaired) electrons. The molecular formula is C20H29NO3. The zero-order valence-corrected chi connectivity index (χ0v) is 14.7. The standard InChI is InChI=1S/C20H29NO3/c1-2-8-20(23)10-9-19(20)11-13-21(14-12-19)18(22)16-24-15-17-6-4-3-5-7-17/h3-7,23H,2,8-16H2,1H3/t20-/m0/s1. The molecule has 24 heavy (non-hydrogen) atoms. The molecule has 0 aromatic heterocycles. The number of aliphatic hydroxyl groups is 1. The summed E-state index contributed by atoms with van der Waals surface area (Å²) >= 11 is 0. The van der Waals surface area contributed by atoms with E-state index in [-0.39, 0.29) is 17.9 Å². The smallest absolute Gasteiger partial charge is 0.248 e. The van der Waals surface area contributed by atoms with E-state index in [2.05, 4.69) is 6.92 Å². The predicted octanol–water partition coefficient (Wildman–Crippen LogP) is 3.14. The Hall–Kier alpha value is -1.39. The van der Waals surface area contributed by atoms with Gasteiger partial charge in [-0.3, -0.25) is 4.79 Å². The Balaban J connectivity index is 1.44. The number of carbonyl (C=O) groups is 1. The summed E-state index contributed by atoms with van der Waals surface area (Å²) in [7, 11) is 0. The topological polar surface area (TPSA) is 49.8 Å². The van der Waals surface area contributed by atoms with Gasteiger partial charge >= 0.3 is 0 Å². The number of rotatable bonds is 6. The number of likely N-dealkylation sites (tertiary alicyclic amines) is 1. The van der Waals surface area contributed by atoms with Gasteiger partial charge in [0.2, 0.25) is 5.91 Å². The predicted molar refractivity (Wildman–Crippen MR) is 93.4 cm³/mol. The molecule has 2 fully saturated rings. The summed E-state index contributed by atoms with van der Waals surface area (Å²) in [5, 5.41) is 10.8. The SMILES string of the molecule is CCC[C@]1(O)CCC12CCN(C(=O)COCc1ccccc1)CC2. The average Bonchev–Trinajstić information content (AvgIpc) is 2.62. The van der Waals surface area contributed by atoms with Gasteiger partial charge in [0, 0.05) is 18.5 Å². The van der Waals surface area contributed by atoms with Gasteiger partial charge in [0.15, 0.2) is 0 Å². The summed E-state index contributed by atoms with van der Waals surface area (Å²) < 4.78 is 5.57. The molecule has 1 spiro atoms. The maximum Gasteiger partial charge on any atom is 0.248 e. The highest BCUT2D eigenvalue weighted by Crippen LogP contribution is 2.58. The molecule has 4 nitrogen and oxygen atoms in total.